The Labute approximate surface area is 711 Å². The molecular formula is C92H78F4N16O13. The van der Waals surface area contributed by atoms with Gasteiger partial charge in [-0.1, -0.05) is 72.8 Å². The minimum Gasteiger partial charge on any atom is -0.477 e. The van der Waals surface area contributed by atoms with E-state index in [2.05, 4.69) is 61.9 Å². The molecule has 12 aromatic rings. The molecule has 20 rings (SSSR count). The number of carbonyl (C=O) groups excluding carboxylic acids is 7. The lowest BCUT2D eigenvalue weighted by atomic mass is 10.1. The Kier molecular flexibility index (Phi) is 23.9. The summed E-state index contributed by atoms with van der Waals surface area (Å²) in [4.78, 5) is 140. The lowest BCUT2D eigenvalue weighted by Crippen LogP contribution is -2.48. The van der Waals surface area contributed by atoms with Gasteiger partial charge in [0.15, 0.2) is 52.0 Å². The molecule has 4 aliphatic heterocycles. The molecule has 33 heteroatoms. The number of ether oxygens (including phenoxy) is 4. The molecule has 125 heavy (non-hydrogen) atoms. The second-order valence-electron chi connectivity index (χ2n) is 30.6. The van der Waals surface area contributed by atoms with E-state index in [4.69, 9.17) is 29.8 Å². The molecular weight excluding hydrogens is 1610 g/mol. The van der Waals surface area contributed by atoms with E-state index in [1.54, 1.807) is 100 Å². The van der Waals surface area contributed by atoms with Crippen LogP contribution < -0.4 is 60.2 Å². The van der Waals surface area contributed by atoms with Gasteiger partial charge in [0.05, 0.1) is 6.04 Å². The summed E-state index contributed by atoms with van der Waals surface area (Å²) in [6.45, 7) is 0. The molecule has 8 aliphatic rings. The van der Waals surface area contributed by atoms with Crippen LogP contribution in [-0.4, -0.2) is 145 Å². The van der Waals surface area contributed by atoms with Crippen LogP contribution in [0, 0.1) is 46.9 Å². The first-order valence-corrected chi connectivity index (χ1v) is 39.8. The number of benzene rings is 4. The minimum absolute atomic E-state index is 0.0139. The van der Waals surface area contributed by atoms with Gasteiger partial charge in [0.1, 0.15) is 81.5 Å². The van der Waals surface area contributed by atoms with Gasteiger partial charge in [-0.3, -0.25) is 68.1 Å². The Morgan fingerprint density at radius 2 is 0.584 bits per heavy atom. The number of aromatic nitrogens is 8. The fourth-order valence-corrected chi connectivity index (χ4v) is 15.9. The first kappa shape index (κ1) is 83.4. The molecule has 7 amide bonds. The molecule has 8 aromatic heterocycles. The van der Waals surface area contributed by atoms with Crippen LogP contribution >= 0.6 is 0 Å². The Morgan fingerprint density at radius 3 is 0.864 bits per heavy atom. The Hall–Kier alpha value is -15.3. The highest BCUT2D eigenvalue weighted by molar-refractivity contribution is 6.05. The molecule has 632 valence electrons. The highest BCUT2D eigenvalue weighted by Crippen LogP contribution is 2.57. The number of amides is 7. The second kappa shape index (κ2) is 35.8. The number of nitrogens with two attached hydrogens (primary N) is 1. The van der Waals surface area contributed by atoms with Gasteiger partial charge in [-0.15, -0.1) is 0 Å². The number of pyridine rings is 8. The number of anilines is 4. The van der Waals surface area contributed by atoms with Crippen molar-refractivity contribution < 1.29 is 80.0 Å². The Bertz CT molecular complexity index is 5760. The van der Waals surface area contributed by atoms with Crippen molar-refractivity contribution in [3.8, 4) is 46.0 Å². The van der Waals surface area contributed by atoms with Crippen molar-refractivity contribution in [2.75, 3.05) is 47.8 Å². The van der Waals surface area contributed by atoms with E-state index in [1.807, 2.05) is 42.5 Å². The highest BCUT2D eigenvalue weighted by atomic mass is 19.1. The Morgan fingerprint density at radius 1 is 0.336 bits per heavy atom. The number of rotatable bonds is 15. The first-order valence-electron chi connectivity index (χ1n) is 39.8. The van der Waals surface area contributed by atoms with Crippen LogP contribution in [0.5, 0.6) is 46.0 Å². The second-order valence-corrected chi connectivity index (χ2v) is 30.6. The van der Waals surface area contributed by atoms with Crippen LogP contribution in [0.3, 0.4) is 0 Å². The predicted octanol–water partition coefficient (Wildman–Crippen LogP) is 13.1. The Balaban J connectivity index is 0.000000118. The van der Waals surface area contributed by atoms with Crippen LogP contribution in [0.4, 0.5) is 40.8 Å². The van der Waals surface area contributed by atoms with E-state index in [0.717, 1.165) is 48.2 Å². The van der Waals surface area contributed by atoms with Gasteiger partial charge in [-0.05, 0) is 192 Å². The number of likely N-dealkylation sites (N-methyl/N-ethyl adjacent to an activating group) is 4. The normalized spacial score (nSPS) is 21.4. The maximum Gasteiger partial charge on any atom is 0.354 e. The van der Waals surface area contributed by atoms with Crippen molar-refractivity contribution in [3.05, 3.63) is 312 Å². The molecule has 0 spiro atoms. The maximum absolute atomic E-state index is 13.9. The number of para-hydroxylation sites is 4. The van der Waals surface area contributed by atoms with E-state index < -0.39 is 65.1 Å². The van der Waals surface area contributed by atoms with E-state index in [9.17, 15) is 55.9 Å². The zero-order valence-electron chi connectivity index (χ0n) is 67.2. The fraction of sp³-hybridized carbons (Fsp3) is 0.217. The van der Waals surface area contributed by atoms with Crippen molar-refractivity contribution in [1.82, 2.24) is 55.8 Å². The summed E-state index contributed by atoms with van der Waals surface area (Å²) < 4.78 is 76.7. The molecule has 4 saturated carbocycles. The average Bonchev–Trinajstić information content (AvgIpc) is 1.60. The number of nitrogens with zero attached hydrogens (tertiary/aromatic N) is 12. The van der Waals surface area contributed by atoms with Crippen LogP contribution in [-0.2, 0) is 19.2 Å². The number of carboxylic acids is 1. The van der Waals surface area contributed by atoms with Gasteiger partial charge >= 0.3 is 5.97 Å². The van der Waals surface area contributed by atoms with Gasteiger partial charge in [-0.25, -0.2) is 47.3 Å². The summed E-state index contributed by atoms with van der Waals surface area (Å²) in [5.41, 5.74) is 10.3. The van der Waals surface area contributed by atoms with Gasteiger partial charge in [0, 0.05) is 102 Å². The topological polar surface area (TPSA) is 372 Å². The van der Waals surface area contributed by atoms with Crippen molar-refractivity contribution in [2.24, 2.45) is 29.4 Å². The van der Waals surface area contributed by atoms with Crippen molar-refractivity contribution in [1.29, 1.82) is 0 Å². The molecule has 0 unspecified atom stereocenters. The molecule has 6 N–H and O–H groups in total. The number of fused-ring (bicyclic) bond motifs is 12. The van der Waals surface area contributed by atoms with Crippen LogP contribution in [0.2, 0.25) is 0 Å². The lowest BCUT2D eigenvalue weighted by Gasteiger charge is -2.22. The number of carbonyl (C=O) groups is 8. The molecule has 4 fully saturated rings. The third-order valence-corrected chi connectivity index (χ3v) is 22.6. The van der Waals surface area contributed by atoms with Crippen LogP contribution in [0.25, 0.3) is 0 Å². The number of nitrogens with one attached hydrogen (secondary N) is 3. The average molecular weight is 1690 g/mol. The van der Waals surface area contributed by atoms with Gasteiger partial charge in [0.25, 0.3) is 35.4 Å². The molecule has 12 atom stereocenters. The molecule has 0 saturated heterocycles. The third-order valence-electron chi connectivity index (χ3n) is 22.6. The third kappa shape index (κ3) is 18.2. The summed E-state index contributed by atoms with van der Waals surface area (Å²) in [7, 11) is 6.75. The molecule has 29 nitrogen and oxygen atoms in total. The molecule has 0 bridgehead atoms. The molecule has 4 aliphatic carbocycles. The quantitative estimate of drug-likeness (QED) is 0.0595. The summed E-state index contributed by atoms with van der Waals surface area (Å²) in [5.74, 6) is -0.0369. The molecule has 4 aromatic carbocycles. The summed E-state index contributed by atoms with van der Waals surface area (Å²) in [5, 5.41) is 17.2. The smallest absolute Gasteiger partial charge is 0.354 e. The number of aromatic carboxylic acids is 1. The SMILES string of the molecule is CN1C(=O)[C@@H](N)[C@H]2C[C@H]2c2cccnc21.CN1C(=O)[C@@H](NC(=O)c2cc(Oc3ccccc3F)ccn2)[C@H]2C[C@H]2c2cccnc21.CN1C(=O)[C@@H](NC(=O)c2cc(Oc3ccccc3F)ccn2)[C@H]2C[C@H]2c2cccnc21.CN1C(=O)[C@H](NC(=O)c2cc(Oc3ccccc3F)ccn2)[C@@H]2C[C@@H]2c2cccnc21.O=C(O)c1cc(Oc2ccccc2F)ccn1. The van der Waals surface area contributed by atoms with Gasteiger partial charge in [-0.2, -0.15) is 0 Å². The number of hydrogen-bond donors (Lipinski definition) is 5. The number of halogens is 4. The zero-order valence-corrected chi connectivity index (χ0v) is 67.2. The molecule has 12 heterocycles. The van der Waals surface area contributed by atoms with E-state index in [0.29, 0.717) is 29.3 Å². The maximum atomic E-state index is 13.9. The van der Waals surface area contributed by atoms with Gasteiger partial charge in [0.2, 0.25) is 5.91 Å². The first-order chi connectivity index (χ1) is 60.4. The molecule has 0 radical (unpaired) electrons. The van der Waals surface area contributed by atoms with Crippen molar-refractivity contribution >= 4 is 70.6 Å². The highest BCUT2D eigenvalue weighted by Gasteiger charge is 2.56. The van der Waals surface area contributed by atoms with E-state index in [-0.39, 0.29) is 134 Å². The van der Waals surface area contributed by atoms with Crippen molar-refractivity contribution in [2.45, 2.75) is 73.5 Å². The van der Waals surface area contributed by atoms with Crippen LogP contribution in [0.1, 0.15) is 114 Å². The van der Waals surface area contributed by atoms with E-state index in [1.165, 1.54) is 148 Å². The fourth-order valence-electron chi connectivity index (χ4n) is 15.9. The van der Waals surface area contributed by atoms with E-state index >= 15 is 0 Å². The largest absolute Gasteiger partial charge is 0.477 e. The zero-order chi connectivity index (χ0) is 87.4. The predicted molar refractivity (Wildman–Crippen MR) is 446 cm³/mol. The minimum atomic E-state index is -1.16. The summed E-state index contributed by atoms with van der Waals surface area (Å²) in [6.07, 6.45) is 15.7. The van der Waals surface area contributed by atoms with Gasteiger partial charge < -0.3 is 45.7 Å². The number of carboxylic acid groups (broad SMARTS) is 1. The monoisotopic (exact) mass is 1690 g/mol. The summed E-state index contributed by atoms with van der Waals surface area (Å²) >= 11 is 0. The summed E-state index contributed by atoms with van der Waals surface area (Å²) in [6, 6.07) is 48.5. The van der Waals surface area contributed by atoms with Crippen LogP contribution in [0.15, 0.2) is 244 Å². The van der Waals surface area contributed by atoms with Crippen molar-refractivity contribution in [3.63, 3.8) is 0 Å². The standard InChI is InChI=1S/3C23H19FN4O3.C12H8FNO3.C11H13N3O/c3*1-28-21-14(5-4-9-26-21)15-12-16(15)20(23(28)30)27-22(29)18-11-13(8-10-25-18)31-19-7-3-2-6-17(19)24;13-9-3-1-2-4-11(9)17-8-5-6-14-10(7-8)12(15)16;1-14-10-6(3-2-4-13-10)7-5-8(7)9(12)11(14)15/h3*2-11,15-16,20H,12H2,1H3,(H,27,29);1-7H,(H,15,16);2-4,7-9H,5,12H2,1H3/t3*15-,16-,20-;;7-,8-,9-/m100.0/s1. The lowest BCUT2D eigenvalue weighted by molar-refractivity contribution is -0.121. The number of hydrogen-bond acceptors (Lipinski definition) is 21.